The molecule has 0 saturated carbocycles. The van der Waals surface area contributed by atoms with Gasteiger partial charge in [0.1, 0.15) is 0 Å². The summed E-state index contributed by atoms with van der Waals surface area (Å²) in [5, 5.41) is 3.70. The molecule has 3 aromatic rings. The summed E-state index contributed by atoms with van der Waals surface area (Å²) in [6.45, 7) is 8.22. The third-order valence-corrected chi connectivity index (χ3v) is 5.31. The van der Waals surface area contributed by atoms with Gasteiger partial charge in [-0.15, -0.1) is 0 Å². The molecule has 130 valence electrons. The zero-order valence-electron chi connectivity index (χ0n) is 15.0. The Morgan fingerprint density at radius 3 is 2.72 bits per heavy atom. The molecule has 25 heavy (non-hydrogen) atoms. The Bertz CT molecular complexity index is 901. The predicted octanol–water partition coefficient (Wildman–Crippen LogP) is 4.89. The number of benzene rings is 1. The number of carbonyl (C=O) groups is 1. The van der Waals surface area contributed by atoms with Gasteiger partial charge in [-0.05, 0) is 43.0 Å². The lowest BCUT2D eigenvalue weighted by Crippen LogP contribution is -2.24. The van der Waals surface area contributed by atoms with Crippen LogP contribution in [-0.2, 0) is 4.79 Å². The predicted molar refractivity (Wildman–Crippen MR) is 104 cm³/mol. The lowest BCUT2D eigenvalue weighted by Gasteiger charge is -2.18. The van der Waals surface area contributed by atoms with Crippen molar-refractivity contribution in [3.8, 4) is 0 Å². The molecule has 5 heteroatoms. The van der Waals surface area contributed by atoms with Crippen LogP contribution in [0.2, 0.25) is 0 Å². The Labute approximate surface area is 152 Å². The molecule has 3 rings (SSSR count). The monoisotopic (exact) mass is 353 g/mol. The first-order valence-corrected chi connectivity index (χ1v) is 9.34. The molecule has 0 aliphatic heterocycles. The first-order chi connectivity index (χ1) is 12.0. The second-order valence-electron chi connectivity index (χ2n) is 6.48. The summed E-state index contributed by atoms with van der Waals surface area (Å²) in [6.07, 6.45) is 3.79. The molecule has 0 radical (unpaired) electrons. The van der Waals surface area contributed by atoms with Crippen molar-refractivity contribution in [2.75, 3.05) is 5.32 Å². The third kappa shape index (κ3) is 3.71. The van der Waals surface area contributed by atoms with E-state index < -0.39 is 0 Å². The van der Waals surface area contributed by atoms with Crippen molar-refractivity contribution in [1.29, 1.82) is 0 Å². The van der Waals surface area contributed by atoms with Crippen molar-refractivity contribution in [2.45, 2.75) is 44.0 Å². The third-order valence-electron chi connectivity index (χ3n) is 4.23. The molecule has 0 unspecified atom stereocenters. The number of aromatic nitrogens is 2. The van der Waals surface area contributed by atoms with E-state index in [-0.39, 0.29) is 11.2 Å². The molecular weight excluding hydrogens is 330 g/mol. The number of nitrogens with zero attached hydrogens (tertiary/aromatic N) is 2. The van der Waals surface area contributed by atoms with Gasteiger partial charge in [0.15, 0.2) is 5.16 Å². The van der Waals surface area contributed by atoms with Crippen molar-refractivity contribution >= 4 is 28.9 Å². The van der Waals surface area contributed by atoms with Gasteiger partial charge in [0.25, 0.3) is 0 Å². The normalized spacial score (nSPS) is 12.5. The number of anilines is 1. The van der Waals surface area contributed by atoms with Crippen LogP contribution in [0.1, 0.15) is 37.8 Å². The number of thioether (sulfide) groups is 1. The minimum Gasteiger partial charge on any atom is -0.325 e. The molecule has 0 bridgehead atoms. The van der Waals surface area contributed by atoms with Crippen LogP contribution in [0.25, 0.3) is 5.52 Å². The summed E-state index contributed by atoms with van der Waals surface area (Å²) in [4.78, 5) is 17.2. The number of hydrogen-bond acceptors (Lipinski definition) is 3. The molecule has 2 aromatic heterocycles. The van der Waals surface area contributed by atoms with Gasteiger partial charge in [0, 0.05) is 11.9 Å². The maximum Gasteiger partial charge on any atom is 0.237 e. The average molecular weight is 353 g/mol. The number of pyridine rings is 1. The number of rotatable bonds is 5. The highest BCUT2D eigenvalue weighted by Gasteiger charge is 2.19. The van der Waals surface area contributed by atoms with Crippen molar-refractivity contribution in [2.24, 2.45) is 0 Å². The van der Waals surface area contributed by atoms with Crippen molar-refractivity contribution in [3.63, 3.8) is 0 Å². The SMILES string of the molecule is Cc1cccc(C(C)C)c1NC(=O)[C@@H](C)Sc1ncc2ccccn12. The second-order valence-corrected chi connectivity index (χ2v) is 7.79. The van der Waals surface area contributed by atoms with Gasteiger partial charge in [-0.25, -0.2) is 4.98 Å². The van der Waals surface area contributed by atoms with Gasteiger partial charge in [-0.1, -0.05) is 49.9 Å². The Morgan fingerprint density at radius 2 is 1.96 bits per heavy atom. The Hall–Kier alpha value is -2.27. The van der Waals surface area contributed by atoms with Gasteiger partial charge in [-0.3, -0.25) is 9.20 Å². The van der Waals surface area contributed by atoms with Crippen molar-refractivity contribution in [1.82, 2.24) is 9.38 Å². The minimum atomic E-state index is -0.245. The maximum absolute atomic E-state index is 12.7. The molecule has 0 fully saturated rings. The fraction of sp³-hybridized carbons (Fsp3) is 0.300. The van der Waals surface area contributed by atoms with Gasteiger partial charge >= 0.3 is 0 Å². The quantitative estimate of drug-likeness (QED) is 0.665. The zero-order chi connectivity index (χ0) is 18.0. The Morgan fingerprint density at radius 1 is 1.16 bits per heavy atom. The lowest BCUT2D eigenvalue weighted by atomic mass is 9.98. The van der Waals surface area contributed by atoms with Crippen LogP contribution in [0.3, 0.4) is 0 Å². The highest BCUT2D eigenvalue weighted by molar-refractivity contribution is 8.00. The highest BCUT2D eigenvalue weighted by Crippen LogP contribution is 2.29. The van der Waals surface area contributed by atoms with Crippen LogP contribution in [0, 0.1) is 6.92 Å². The van der Waals surface area contributed by atoms with Gasteiger partial charge < -0.3 is 5.32 Å². The molecule has 1 amide bonds. The number of imidazole rings is 1. The Balaban J connectivity index is 1.78. The van der Waals surface area contributed by atoms with Crippen LogP contribution in [0.15, 0.2) is 53.9 Å². The molecule has 0 aliphatic carbocycles. The second kappa shape index (κ2) is 7.31. The molecule has 4 nitrogen and oxygen atoms in total. The number of hydrogen-bond donors (Lipinski definition) is 1. The van der Waals surface area contributed by atoms with E-state index in [2.05, 4.69) is 30.2 Å². The highest BCUT2D eigenvalue weighted by atomic mass is 32.2. The number of aryl methyl sites for hydroxylation is 1. The number of amides is 1. The first-order valence-electron chi connectivity index (χ1n) is 8.46. The molecule has 0 spiro atoms. The van der Waals surface area contributed by atoms with Crippen LogP contribution in [0.4, 0.5) is 5.69 Å². The van der Waals surface area contributed by atoms with Gasteiger partial charge in [0.2, 0.25) is 5.91 Å². The number of carbonyl (C=O) groups excluding carboxylic acids is 1. The van der Waals surface area contributed by atoms with Crippen LogP contribution in [-0.4, -0.2) is 20.5 Å². The van der Waals surface area contributed by atoms with E-state index in [1.807, 2.05) is 61.0 Å². The molecule has 1 N–H and O–H groups in total. The summed E-state index contributed by atoms with van der Waals surface area (Å²) in [6, 6.07) is 12.1. The average Bonchev–Trinajstić information content (AvgIpc) is 2.99. The summed E-state index contributed by atoms with van der Waals surface area (Å²) in [7, 11) is 0. The largest absolute Gasteiger partial charge is 0.325 e. The Kier molecular flexibility index (Phi) is 5.13. The molecule has 1 aromatic carbocycles. The molecular formula is C20H23N3OS. The van der Waals surface area contributed by atoms with Gasteiger partial charge in [-0.2, -0.15) is 0 Å². The summed E-state index contributed by atoms with van der Waals surface area (Å²) in [5.41, 5.74) is 4.21. The van der Waals surface area contributed by atoms with Crippen LogP contribution in [0.5, 0.6) is 0 Å². The lowest BCUT2D eigenvalue weighted by molar-refractivity contribution is -0.115. The topological polar surface area (TPSA) is 46.4 Å². The van der Waals surface area contributed by atoms with E-state index in [9.17, 15) is 4.79 Å². The smallest absolute Gasteiger partial charge is 0.237 e. The molecule has 0 aliphatic rings. The fourth-order valence-corrected chi connectivity index (χ4v) is 3.66. The van der Waals surface area contributed by atoms with Gasteiger partial charge in [0.05, 0.1) is 17.0 Å². The van der Waals surface area contributed by atoms with E-state index in [1.54, 1.807) is 0 Å². The van der Waals surface area contributed by atoms with E-state index in [4.69, 9.17) is 0 Å². The summed E-state index contributed by atoms with van der Waals surface area (Å²) >= 11 is 1.47. The number of para-hydroxylation sites is 1. The minimum absolute atomic E-state index is 0.00567. The van der Waals surface area contributed by atoms with Crippen molar-refractivity contribution < 1.29 is 4.79 Å². The first kappa shape index (κ1) is 17.5. The van der Waals surface area contributed by atoms with E-state index in [0.717, 1.165) is 27.5 Å². The van der Waals surface area contributed by atoms with Crippen molar-refractivity contribution in [3.05, 3.63) is 59.9 Å². The number of nitrogens with one attached hydrogen (secondary N) is 1. The molecule has 1 atom stereocenters. The van der Waals surface area contributed by atoms with E-state index in [0.29, 0.717) is 5.92 Å². The fourth-order valence-electron chi connectivity index (χ4n) is 2.79. The summed E-state index contributed by atoms with van der Waals surface area (Å²) < 4.78 is 2.00. The van der Waals surface area contributed by atoms with Crippen LogP contribution < -0.4 is 5.32 Å². The standard InChI is InChI=1S/C20H23N3OS/c1-13(2)17-10-7-8-14(3)18(17)22-19(24)15(4)25-20-21-12-16-9-5-6-11-23(16)20/h5-13,15H,1-4H3,(H,22,24)/t15-/m1/s1. The zero-order valence-corrected chi connectivity index (χ0v) is 15.8. The molecule has 0 saturated heterocycles. The summed E-state index contributed by atoms with van der Waals surface area (Å²) in [5.74, 6) is 0.350. The van der Waals surface area contributed by atoms with E-state index >= 15 is 0 Å². The molecule has 2 heterocycles. The van der Waals surface area contributed by atoms with E-state index in [1.165, 1.54) is 11.8 Å². The number of fused-ring (bicyclic) bond motifs is 1. The maximum atomic E-state index is 12.7. The van der Waals surface area contributed by atoms with Crippen LogP contribution >= 0.6 is 11.8 Å².